The minimum Gasteiger partial charge on any atom is -0.461 e. The molecule has 4 nitrogen and oxygen atoms in total. The molecule has 1 saturated carbocycles. The first-order valence-electron chi connectivity index (χ1n) is 4.59. The number of ether oxygens (including phenoxy) is 1. The van der Waals surface area contributed by atoms with Crippen molar-refractivity contribution in [1.82, 2.24) is 0 Å². The Hall–Kier alpha value is -0.680. The van der Waals surface area contributed by atoms with E-state index < -0.39 is 17.2 Å². The van der Waals surface area contributed by atoms with Gasteiger partial charge in [0, 0.05) is 12.3 Å². The van der Waals surface area contributed by atoms with E-state index >= 15 is 0 Å². The number of alkyl halides is 1. The lowest BCUT2D eigenvalue weighted by Gasteiger charge is -2.39. The summed E-state index contributed by atoms with van der Waals surface area (Å²) in [5.41, 5.74) is -0.402. The Morgan fingerprint density at radius 2 is 2.21 bits per heavy atom. The molecule has 82 valence electrons. The molecule has 0 amide bonds. The van der Waals surface area contributed by atoms with E-state index in [1.165, 1.54) is 0 Å². The lowest BCUT2D eigenvalue weighted by atomic mass is 9.70. The molecule has 1 fully saturated rings. The van der Waals surface area contributed by atoms with Gasteiger partial charge >= 0.3 is 11.8 Å². The summed E-state index contributed by atoms with van der Waals surface area (Å²) in [4.78, 5) is 10.8. The molecular weight excluding hydrogens is 191 g/mol. The number of carbonyl (C=O) groups is 1. The number of carbonyl (C=O) groups excluding carboxylic acids is 1. The van der Waals surface area contributed by atoms with Crippen molar-refractivity contribution >= 4 is 5.97 Å². The number of aliphatic hydroxyl groups is 2. The third kappa shape index (κ3) is 2.42. The second kappa shape index (κ2) is 3.82. The van der Waals surface area contributed by atoms with Gasteiger partial charge in [0.2, 0.25) is 0 Å². The molecule has 0 aromatic carbocycles. The van der Waals surface area contributed by atoms with E-state index in [9.17, 15) is 9.18 Å². The average molecular weight is 206 g/mol. The summed E-state index contributed by atoms with van der Waals surface area (Å²) in [6.45, 7) is 0.624. The third-order valence-electron chi connectivity index (χ3n) is 2.63. The first kappa shape index (κ1) is 11.4. The Balaban J connectivity index is 2.36. The van der Waals surface area contributed by atoms with Crippen LogP contribution in [-0.4, -0.2) is 35.3 Å². The molecule has 1 unspecified atom stereocenters. The highest BCUT2D eigenvalue weighted by atomic mass is 19.2. The minimum absolute atomic E-state index is 0.0254. The third-order valence-corrected chi connectivity index (χ3v) is 2.63. The number of esters is 1. The van der Waals surface area contributed by atoms with E-state index in [4.69, 9.17) is 10.2 Å². The molecule has 0 aromatic heterocycles. The average Bonchev–Trinajstić information content (AvgIpc) is 2.01. The largest absolute Gasteiger partial charge is 0.461 e. The highest BCUT2D eigenvalue weighted by Crippen LogP contribution is 2.40. The summed E-state index contributed by atoms with van der Waals surface area (Å²) in [6, 6.07) is 0. The predicted octanol–water partition coefficient (Wildman–Crippen LogP) is 0.370. The molecule has 1 rings (SSSR count). The molecule has 5 heteroatoms. The normalized spacial score (nSPS) is 23.4. The fraction of sp³-hybridized carbons (Fsp3) is 0.889. The Morgan fingerprint density at radius 1 is 1.64 bits per heavy atom. The summed E-state index contributed by atoms with van der Waals surface area (Å²) in [7, 11) is 0. The summed E-state index contributed by atoms with van der Waals surface area (Å²) in [6.07, 6.45) is 2.51. The first-order chi connectivity index (χ1) is 6.40. The Labute approximate surface area is 81.7 Å². The summed E-state index contributed by atoms with van der Waals surface area (Å²) in [5, 5.41) is 17.6. The van der Waals surface area contributed by atoms with Crippen LogP contribution in [0.1, 0.15) is 26.2 Å². The van der Waals surface area contributed by atoms with E-state index in [0.717, 1.165) is 26.2 Å². The molecular formula is C9H15FO4. The van der Waals surface area contributed by atoms with E-state index in [1.54, 1.807) is 0 Å². The minimum atomic E-state index is -2.94. The molecule has 0 aliphatic heterocycles. The number of hydrogen-bond acceptors (Lipinski definition) is 4. The topological polar surface area (TPSA) is 66.8 Å². The van der Waals surface area contributed by atoms with Crippen molar-refractivity contribution in [3.05, 3.63) is 0 Å². The number of halogens is 1. The van der Waals surface area contributed by atoms with Gasteiger partial charge in [-0.25, -0.2) is 4.79 Å². The van der Waals surface area contributed by atoms with Gasteiger partial charge in [-0.2, -0.15) is 4.39 Å². The maximum Gasteiger partial charge on any atom is 0.371 e. The van der Waals surface area contributed by atoms with Gasteiger partial charge < -0.3 is 14.9 Å². The van der Waals surface area contributed by atoms with Crippen LogP contribution in [0.5, 0.6) is 0 Å². The van der Waals surface area contributed by atoms with Crippen molar-refractivity contribution in [2.75, 3.05) is 13.2 Å². The van der Waals surface area contributed by atoms with Gasteiger partial charge in [-0.15, -0.1) is 0 Å². The molecule has 2 N–H and O–H groups in total. The summed E-state index contributed by atoms with van der Waals surface area (Å²) < 4.78 is 17.2. The van der Waals surface area contributed by atoms with Gasteiger partial charge in [-0.05, 0) is 12.8 Å². The van der Waals surface area contributed by atoms with Crippen LogP contribution in [0.3, 0.4) is 0 Å². The number of rotatable bonds is 4. The van der Waals surface area contributed by atoms with Gasteiger partial charge in [0.15, 0.2) is 0 Å². The lowest BCUT2D eigenvalue weighted by Crippen LogP contribution is -2.41. The quantitative estimate of drug-likeness (QED) is 0.652. The maximum atomic E-state index is 12.6. The first-order valence-corrected chi connectivity index (χ1v) is 4.59. The van der Waals surface area contributed by atoms with Crippen molar-refractivity contribution in [3.8, 4) is 0 Å². The second-order valence-electron chi connectivity index (χ2n) is 4.04. The zero-order valence-electron chi connectivity index (χ0n) is 8.12. The second-order valence-corrected chi connectivity index (χ2v) is 4.04. The fourth-order valence-corrected chi connectivity index (χ4v) is 1.38. The fourth-order valence-electron chi connectivity index (χ4n) is 1.38. The van der Waals surface area contributed by atoms with Gasteiger partial charge in [0.05, 0.1) is 13.2 Å². The van der Waals surface area contributed by atoms with Crippen molar-refractivity contribution in [1.29, 1.82) is 0 Å². The van der Waals surface area contributed by atoms with E-state index in [0.29, 0.717) is 0 Å². The van der Waals surface area contributed by atoms with Crippen LogP contribution >= 0.6 is 0 Å². The zero-order chi connectivity index (χ0) is 10.8. The summed E-state index contributed by atoms with van der Waals surface area (Å²) in [5.74, 6) is -4.24. The van der Waals surface area contributed by atoms with Crippen LogP contribution in [0.15, 0.2) is 0 Å². The molecule has 0 spiro atoms. The SMILES string of the molecule is CC(O)(F)C(=O)OCC1(CO)CCC1. The summed E-state index contributed by atoms with van der Waals surface area (Å²) >= 11 is 0. The van der Waals surface area contributed by atoms with Crippen LogP contribution in [-0.2, 0) is 9.53 Å². The molecule has 1 atom stereocenters. The lowest BCUT2D eigenvalue weighted by molar-refractivity contribution is -0.189. The molecule has 0 radical (unpaired) electrons. The standard InChI is InChI=1S/C9H15FO4/c1-8(10,13)7(12)14-6-9(5-11)3-2-4-9/h11,13H,2-6H2,1H3. The smallest absolute Gasteiger partial charge is 0.371 e. The number of aliphatic hydroxyl groups excluding tert-OH is 1. The Morgan fingerprint density at radius 3 is 2.50 bits per heavy atom. The molecule has 0 saturated heterocycles. The number of hydrogen-bond donors (Lipinski definition) is 2. The van der Waals surface area contributed by atoms with Crippen molar-refractivity contribution in [2.45, 2.75) is 32.0 Å². The van der Waals surface area contributed by atoms with E-state index in [1.807, 2.05) is 0 Å². The van der Waals surface area contributed by atoms with Crippen LogP contribution in [0, 0.1) is 5.41 Å². The van der Waals surface area contributed by atoms with Gasteiger partial charge in [-0.3, -0.25) is 0 Å². The molecule has 1 aliphatic carbocycles. The van der Waals surface area contributed by atoms with Gasteiger partial charge in [0.25, 0.3) is 0 Å². The van der Waals surface area contributed by atoms with Crippen LogP contribution in [0.2, 0.25) is 0 Å². The Bertz CT molecular complexity index is 212. The molecule has 0 heterocycles. The van der Waals surface area contributed by atoms with Crippen molar-refractivity contribution in [3.63, 3.8) is 0 Å². The molecule has 1 aliphatic rings. The van der Waals surface area contributed by atoms with Gasteiger partial charge in [-0.1, -0.05) is 6.42 Å². The van der Waals surface area contributed by atoms with Gasteiger partial charge in [0.1, 0.15) is 0 Å². The molecule has 0 bridgehead atoms. The van der Waals surface area contributed by atoms with Crippen LogP contribution in [0.4, 0.5) is 4.39 Å². The van der Waals surface area contributed by atoms with Crippen LogP contribution in [0.25, 0.3) is 0 Å². The molecule has 14 heavy (non-hydrogen) atoms. The van der Waals surface area contributed by atoms with E-state index in [-0.39, 0.29) is 13.2 Å². The zero-order valence-corrected chi connectivity index (χ0v) is 8.12. The van der Waals surface area contributed by atoms with Crippen molar-refractivity contribution < 1.29 is 24.1 Å². The van der Waals surface area contributed by atoms with E-state index in [2.05, 4.69) is 4.74 Å². The van der Waals surface area contributed by atoms with Crippen LogP contribution < -0.4 is 0 Å². The van der Waals surface area contributed by atoms with Crippen molar-refractivity contribution in [2.24, 2.45) is 5.41 Å². The predicted molar refractivity (Wildman–Crippen MR) is 46.1 cm³/mol. The highest BCUT2D eigenvalue weighted by Gasteiger charge is 2.40. The maximum absolute atomic E-state index is 12.6. The molecule has 0 aromatic rings. The Kier molecular flexibility index (Phi) is 3.11. The highest BCUT2D eigenvalue weighted by molar-refractivity contribution is 5.76. The monoisotopic (exact) mass is 206 g/mol.